The number of alkyl halides is 3. The van der Waals surface area contributed by atoms with E-state index in [1.54, 1.807) is 24.8 Å². The average molecular weight is 525 g/mol. The Balaban J connectivity index is 1.55. The molecule has 2 heterocycles. The molecule has 2 fully saturated rings. The monoisotopic (exact) mass is 524 g/mol. The van der Waals surface area contributed by atoms with Crippen LogP contribution in [-0.2, 0) is 15.8 Å². The van der Waals surface area contributed by atoms with Gasteiger partial charge in [0.1, 0.15) is 11.6 Å². The third kappa shape index (κ3) is 5.81. The number of carbonyl (C=O) groups excluding carboxylic acids is 1. The number of amides is 1. The summed E-state index contributed by atoms with van der Waals surface area (Å²) in [5.74, 6) is -1.17. The van der Waals surface area contributed by atoms with Crippen molar-refractivity contribution in [2.24, 2.45) is 0 Å². The summed E-state index contributed by atoms with van der Waals surface area (Å²) in [6, 6.07) is 4.35. The standard InChI is InChI=1S/C25H31F3N4O3S/c1-24(2)22(35)32(18-11-10-17(16-29)19(15-18)25(26,27)28)23(36)31(24)14-7-5-3-4-6-12-30-13-8-9-20(30)21(33)34/h10-11,15,20H,3-9,12-14H2,1-2H3,(H,33,34). The van der Waals surface area contributed by atoms with E-state index < -0.39 is 34.7 Å². The SMILES string of the molecule is CC1(C)C(=O)N(c2ccc(C#N)c(C(F)(F)F)c2)C(=S)N1CCCCCCCN1CCCC1C(=O)O. The van der Waals surface area contributed by atoms with Gasteiger partial charge in [0, 0.05) is 6.54 Å². The maximum absolute atomic E-state index is 13.4. The minimum atomic E-state index is -4.73. The fourth-order valence-electron chi connectivity index (χ4n) is 4.93. The van der Waals surface area contributed by atoms with Crippen LogP contribution in [0.4, 0.5) is 18.9 Å². The fraction of sp³-hybridized carbons (Fsp3) is 0.600. The molecule has 0 spiro atoms. The van der Waals surface area contributed by atoms with Crippen LogP contribution in [0.25, 0.3) is 0 Å². The number of carboxylic acids is 1. The van der Waals surface area contributed by atoms with Crippen molar-refractivity contribution in [1.29, 1.82) is 5.26 Å². The predicted octanol–water partition coefficient (Wildman–Crippen LogP) is 4.79. The number of thiocarbonyl (C=S) groups is 1. The zero-order valence-electron chi connectivity index (χ0n) is 20.5. The van der Waals surface area contributed by atoms with Crippen molar-refractivity contribution in [2.75, 3.05) is 24.5 Å². The lowest BCUT2D eigenvalue weighted by Gasteiger charge is -2.29. The molecule has 11 heteroatoms. The van der Waals surface area contributed by atoms with Gasteiger partial charge in [-0.15, -0.1) is 0 Å². The second kappa shape index (κ2) is 11.1. The fourth-order valence-corrected chi connectivity index (χ4v) is 5.44. The van der Waals surface area contributed by atoms with Gasteiger partial charge >= 0.3 is 12.1 Å². The summed E-state index contributed by atoms with van der Waals surface area (Å²) in [7, 11) is 0. The quantitative estimate of drug-likeness (QED) is 0.348. The molecule has 0 aromatic heterocycles. The first-order chi connectivity index (χ1) is 16.9. The zero-order valence-corrected chi connectivity index (χ0v) is 21.3. The summed E-state index contributed by atoms with van der Waals surface area (Å²) in [5.41, 5.74) is -2.63. The van der Waals surface area contributed by atoms with Crippen molar-refractivity contribution in [1.82, 2.24) is 9.80 Å². The zero-order chi connectivity index (χ0) is 26.7. The van der Waals surface area contributed by atoms with Crippen LogP contribution in [0.2, 0.25) is 0 Å². The van der Waals surface area contributed by atoms with Crippen molar-refractivity contribution in [2.45, 2.75) is 76.6 Å². The lowest BCUT2D eigenvalue weighted by Crippen LogP contribution is -2.44. The van der Waals surface area contributed by atoms with Gasteiger partial charge in [0.15, 0.2) is 5.11 Å². The molecule has 196 valence electrons. The summed E-state index contributed by atoms with van der Waals surface area (Å²) in [5, 5.41) is 18.4. The number of halogens is 3. The Kier molecular flexibility index (Phi) is 8.62. The van der Waals surface area contributed by atoms with E-state index in [-0.39, 0.29) is 16.8 Å². The van der Waals surface area contributed by atoms with E-state index >= 15 is 0 Å². The number of carboxylic acid groups (broad SMARTS) is 1. The van der Waals surface area contributed by atoms with E-state index in [1.807, 2.05) is 4.90 Å². The second-order valence-electron chi connectivity index (χ2n) is 9.77. The highest BCUT2D eigenvalue weighted by atomic mass is 32.1. The highest BCUT2D eigenvalue weighted by Crippen LogP contribution is 2.38. The molecule has 1 N–H and O–H groups in total. The largest absolute Gasteiger partial charge is 0.480 e. The number of hydrogen-bond donors (Lipinski definition) is 1. The molecule has 0 saturated carbocycles. The first-order valence-corrected chi connectivity index (χ1v) is 12.5. The minimum Gasteiger partial charge on any atom is -0.480 e. The van der Waals surface area contributed by atoms with Crippen molar-refractivity contribution in [3.8, 4) is 6.07 Å². The number of aliphatic carboxylic acids is 1. The summed E-state index contributed by atoms with van der Waals surface area (Å²) >= 11 is 5.51. The van der Waals surface area contributed by atoms with Crippen molar-refractivity contribution in [3.63, 3.8) is 0 Å². The lowest BCUT2D eigenvalue weighted by atomic mass is 10.0. The van der Waals surface area contributed by atoms with Crippen LogP contribution in [0.3, 0.4) is 0 Å². The van der Waals surface area contributed by atoms with E-state index in [9.17, 15) is 27.9 Å². The Morgan fingerprint density at radius 1 is 1.19 bits per heavy atom. The van der Waals surface area contributed by atoms with E-state index in [2.05, 4.69) is 0 Å². The van der Waals surface area contributed by atoms with Gasteiger partial charge in [0.05, 0.1) is 22.9 Å². The van der Waals surface area contributed by atoms with Crippen LogP contribution in [0, 0.1) is 11.3 Å². The lowest BCUT2D eigenvalue weighted by molar-refractivity contribution is -0.142. The number of carbonyl (C=O) groups is 2. The van der Waals surface area contributed by atoms with Gasteiger partial charge in [0.2, 0.25) is 0 Å². The summed E-state index contributed by atoms with van der Waals surface area (Å²) < 4.78 is 40.3. The number of hydrogen-bond acceptors (Lipinski definition) is 5. The van der Waals surface area contributed by atoms with Gasteiger partial charge in [-0.05, 0) is 83.0 Å². The van der Waals surface area contributed by atoms with Gasteiger partial charge in [0.25, 0.3) is 5.91 Å². The number of anilines is 1. The van der Waals surface area contributed by atoms with Gasteiger partial charge in [-0.2, -0.15) is 18.4 Å². The second-order valence-corrected chi connectivity index (χ2v) is 10.1. The molecule has 1 aromatic carbocycles. The first-order valence-electron chi connectivity index (χ1n) is 12.1. The normalized spacial score (nSPS) is 20.3. The van der Waals surface area contributed by atoms with Crippen LogP contribution in [0.15, 0.2) is 18.2 Å². The van der Waals surface area contributed by atoms with Crippen molar-refractivity contribution < 1.29 is 27.9 Å². The molecule has 1 amide bonds. The third-order valence-electron chi connectivity index (χ3n) is 6.99. The Labute approximate surface area is 214 Å². The molecule has 2 saturated heterocycles. The molecule has 2 aliphatic heterocycles. The van der Waals surface area contributed by atoms with Crippen LogP contribution >= 0.6 is 12.2 Å². The number of likely N-dealkylation sites (tertiary alicyclic amines) is 1. The molecular weight excluding hydrogens is 493 g/mol. The molecule has 1 aromatic rings. The average Bonchev–Trinajstić information content (AvgIpc) is 3.34. The van der Waals surface area contributed by atoms with Crippen LogP contribution in [-0.4, -0.2) is 63.1 Å². The Bertz CT molecular complexity index is 1050. The predicted molar refractivity (Wildman–Crippen MR) is 132 cm³/mol. The van der Waals surface area contributed by atoms with Crippen LogP contribution in [0.1, 0.15) is 69.9 Å². The van der Waals surface area contributed by atoms with Gasteiger partial charge in [-0.3, -0.25) is 19.4 Å². The molecule has 0 bridgehead atoms. The smallest absolute Gasteiger partial charge is 0.417 e. The number of unbranched alkanes of at least 4 members (excludes halogenated alkanes) is 4. The number of benzene rings is 1. The van der Waals surface area contributed by atoms with Crippen molar-refractivity contribution >= 4 is 34.9 Å². The Morgan fingerprint density at radius 3 is 2.44 bits per heavy atom. The van der Waals surface area contributed by atoms with E-state index in [1.165, 1.54) is 6.07 Å². The van der Waals surface area contributed by atoms with Crippen LogP contribution in [0.5, 0.6) is 0 Å². The highest BCUT2D eigenvalue weighted by molar-refractivity contribution is 7.80. The van der Waals surface area contributed by atoms with Crippen LogP contribution < -0.4 is 4.90 Å². The molecular formula is C25H31F3N4O3S. The van der Waals surface area contributed by atoms with E-state index in [4.69, 9.17) is 17.5 Å². The molecule has 1 unspecified atom stereocenters. The summed E-state index contributed by atoms with van der Waals surface area (Å²) in [4.78, 5) is 29.3. The molecule has 1 atom stereocenters. The van der Waals surface area contributed by atoms with E-state index in [0.717, 1.165) is 68.6 Å². The van der Waals surface area contributed by atoms with Gasteiger partial charge < -0.3 is 10.0 Å². The maximum Gasteiger partial charge on any atom is 0.417 e. The number of nitrogens with zero attached hydrogens (tertiary/aromatic N) is 4. The van der Waals surface area contributed by atoms with Crippen molar-refractivity contribution in [3.05, 3.63) is 29.3 Å². The topological polar surface area (TPSA) is 87.9 Å². The summed E-state index contributed by atoms with van der Waals surface area (Å²) in [6.45, 7) is 5.49. The summed E-state index contributed by atoms with van der Waals surface area (Å²) in [6.07, 6.45) is 1.37. The highest BCUT2D eigenvalue weighted by Gasteiger charge is 2.49. The molecule has 0 radical (unpaired) electrons. The molecule has 2 aliphatic rings. The van der Waals surface area contributed by atoms with Gasteiger partial charge in [-0.1, -0.05) is 19.3 Å². The molecule has 0 aliphatic carbocycles. The minimum absolute atomic E-state index is 0.00604. The Morgan fingerprint density at radius 2 is 1.83 bits per heavy atom. The molecule has 36 heavy (non-hydrogen) atoms. The van der Waals surface area contributed by atoms with Gasteiger partial charge in [-0.25, -0.2) is 0 Å². The molecule has 3 rings (SSSR count). The third-order valence-corrected chi connectivity index (χ3v) is 7.39. The number of nitriles is 1. The first kappa shape index (κ1) is 27.9. The molecule has 7 nitrogen and oxygen atoms in total. The van der Waals surface area contributed by atoms with E-state index in [0.29, 0.717) is 13.0 Å². The Hall–Kier alpha value is -2.71. The maximum atomic E-state index is 13.4. The number of rotatable bonds is 10.